The van der Waals surface area contributed by atoms with Gasteiger partial charge in [0.15, 0.2) is 11.0 Å². The van der Waals surface area contributed by atoms with Crippen molar-refractivity contribution in [1.82, 2.24) is 25.0 Å². The van der Waals surface area contributed by atoms with Gasteiger partial charge in [0.05, 0.1) is 30.4 Å². The van der Waals surface area contributed by atoms with Crippen LogP contribution in [0, 0.1) is 13.8 Å². The molecule has 30 heavy (non-hydrogen) atoms. The predicted molar refractivity (Wildman–Crippen MR) is 114 cm³/mol. The molecule has 3 aromatic heterocycles. The largest absolute Gasteiger partial charge is 0.497 e. The molecule has 0 aliphatic carbocycles. The summed E-state index contributed by atoms with van der Waals surface area (Å²) in [5, 5.41) is 21.1. The van der Waals surface area contributed by atoms with Crippen LogP contribution in [0.3, 0.4) is 0 Å². The molecule has 3 heterocycles. The molecule has 0 aliphatic heterocycles. The third kappa shape index (κ3) is 4.21. The fraction of sp³-hybridized carbons (Fsp3) is 0.211. The molecule has 0 saturated carbocycles. The van der Waals surface area contributed by atoms with Crippen molar-refractivity contribution in [3.05, 3.63) is 47.4 Å². The normalized spacial score (nSPS) is 10.9. The summed E-state index contributed by atoms with van der Waals surface area (Å²) in [7, 11) is 1.62. The number of rotatable bonds is 7. The molecule has 0 spiro atoms. The van der Waals surface area contributed by atoms with Crippen LogP contribution >= 0.6 is 23.1 Å². The van der Waals surface area contributed by atoms with Gasteiger partial charge in [0.2, 0.25) is 11.0 Å². The van der Waals surface area contributed by atoms with Crippen LogP contribution < -0.4 is 10.1 Å². The van der Waals surface area contributed by atoms with Gasteiger partial charge in [-0.05, 0) is 44.2 Å². The lowest BCUT2D eigenvalue weighted by Crippen LogP contribution is -2.14. The molecular weight excluding hydrogens is 424 g/mol. The van der Waals surface area contributed by atoms with Crippen molar-refractivity contribution >= 4 is 34.1 Å². The number of aryl methyl sites for hydroxylation is 2. The van der Waals surface area contributed by atoms with Crippen molar-refractivity contribution in [3.63, 3.8) is 0 Å². The van der Waals surface area contributed by atoms with E-state index >= 15 is 0 Å². The summed E-state index contributed by atoms with van der Waals surface area (Å²) in [6.07, 6.45) is 1.61. The van der Waals surface area contributed by atoms with E-state index in [0.29, 0.717) is 16.1 Å². The molecule has 4 rings (SSSR count). The summed E-state index contributed by atoms with van der Waals surface area (Å²) in [4.78, 5) is 12.3. The zero-order valence-corrected chi connectivity index (χ0v) is 18.1. The minimum Gasteiger partial charge on any atom is -0.497 e. The van der Waals surface area contributed by atoms with Crippen molar-refractivity contribution in [3.8, 4) is 22.8 Å². The standard InChI is InChI=1S/C19H18N6O3S2/c1-11-15(8-9-28-11)17-22-24-19(25(17)13-4-6-14(27-3)7-5-13)29-10-16(26)20-18-23-21-12(2)30-18/h4-9H,10H2,1-3H3,(H,20,23,26). The quantitative estimate of drug-likeness (QED) is 0.431. The maximum absolute atomic E-state index is 12.3. The maximum atomic E-state index is 12.3. The Bertz CT molecular complexity index is 1170. The molecule has 1 amide bonds. The number of hydrogen-bond donors (Lipinski definition) is 1. The number of furan rings is 1. The minimum atomic E-state index is -0.193. The smallest absolute Gasteiger partial charge is 0.236 e. The molecular formula is C19H18N6O3S2. The van der Waals surface area contributed by atoms with Gasteiger partial charge in [-0.15, -0.1) is 20.4 Å². The van der Waals surface area contributed by atoms with Gasteiger partial charge in [0, 0.05) is 0 Å². The molecule has 0 bridgehead atoms. The molecule has 0 saturated heterocycles. The van der Waals surface area contributed by atoms with Gasteiger partial charge < -0.3 is 9.15 Å². The van der Waals surface area contributed by atoms with E-state index in [1.165, 1.54) is 23.1 Å². The van der Waals surface area contributed by atoms with Crippen molar-refractivity contribution in [2.45, 2.75) is 19.0 Å². The molecule has 1 aromatic carbocycles. The predicted octanol–water partition coefficient (Wildman–Crippen LogP) is 3.74. The Morgan fingerprint density at radius 3 is 2.60 bits per heavy atom. The highest BCUT2D eigenvalue weighted by Gasteiger charge is 2.20. The molecule has 0 atom stereocenters. The summed E-state index contributed by atoms with van der Waals surface area (Å²) in [6, 6.07) is 9.39. The Morgan fingerprint density at radius 1 is 1.17 bits per heavy atom. The zero-order valence-electron chi connectivity index (χ0n) is 16.4. The zero-order chi connectivity index (χ0) is 21.1. The highest BCUT2D eigenvalue weighted by atomic mass is 32.2. The Balaban J connectivity index is 1.61. The van der Waals surface area contributed by atoms with Gasteiger partial charge in [0.1, 0.15) is 16.5 Å². The molecule has 9 nitrogen and oxygen atoms in total. The number of nitrogens with one attached hydrogen (secondary N) is 1. The number of methoxy groups -OCH3 is 1. The number of benzene rings is 1. The first-order valence-electron chi connectivity index (χ1n) is 8.92. The van der Waals surface area contributed by atoms with Crippen LogP contribution in [0.1, 0.15) is 10.8 Å². The number of amides is 1. The number of anilines is 1. The first-order valence-corrected chi connectivity index (χ1v) is 10.7. The van der Waals surface area contributed by atoms with E-state index < -0.39 is 0 Å². The highest BCUT2D eigenvalue weighted by Crippen LogP contribution is 2.31. The summed E-state index contributed by atoms with van der Waals surface area (Å²) < 4.78 is 12.6. The summed E-state index contributed by atoms with van der Waals surface area (Å²) >= 11 is 2.61. The van der Waals surface area contributed by atoms with E-state index in [-0.39, 0.29) is 11.7 Å². The first kappa shape index (κ1) is 20.1. The van der Waals surface area contributed by atoms with Crippen LogP contribution in [0.4, 0.5) is 5.13 Å². The van der Waals surface area contributed by atoms with Gasteiger partial charge in [-0.1, -0.05) is 23.1 Å². The van der Waals surface area contributed by atoms with Gasteiger partial charge in [-0.2, -0.15) is 0 Å². The molecule has 0 aliphatic rings. The average Bonchev–Trinajstić information content (AvgIpc) is 3.46. The summed E-state index contributed by atoms with van der Waals surface area (Å²) in [5.74, 6) is 2.07. The Morgan fingerprint density at radius 2 is 1.97 bits per heavy atom. The number of hydrogen-bond acceptors (Lipinski definition) is 9. The molecule has 0 fully saturated rings. The number of ether oxygens (including phenoxy) is 1. The van der Waals surface area contributed by atoms with Crippen molar-refractivity contribution in [1.29, 1.82) is 0 Å². The third-order valence-corrected chi connectivity index (χ3v) is 5.85. The van der Waals surface area contributed by atoms with Gasteiger partial charge in [0.25, 0.3) is 0 Å². The van der Waals surface area contributed by atoms with Crippen LogP contribution in [-0.4, -0.2) is 43.7 Å². The second kappa shape index (κ2) is 8.67. The number of aromatic nitrogens is 5. The number of carbonyl (C=O) groups excluding carboxylic acids is 1. The molecule has 11 heteroatoms. The number of nitrogens with zero attached hydrogens (tertiary/aromatic N) is 5. The van der Waals surface area contributed by atoms with E-state index in [2.05, 4.69) is 25.7 Å². The first-order chi connectivity index (χ1) is 14.5. The topological polar surface area (TPSA) is 108 Å². The second-order valence-electron chi connectivity index (χ2n) is 6.19. The SMILES string of the molecule is COc1ccc(-n2c(SCC(=O)Nc3nnc(C)s3)nnc2-c2ccoc2C)cc1. The van der Waals surface area contributed by atoms with E-state index in [0.717, 1.165) is 27.8 Å². The Labute approximate surface area is 180 Å². The van der Waals surface area contributed by atoms with E-state index in [1.807, 2.05) is 48.7 Å². The Kier molecular flexibility index (Phi) is 5.81. The fourth-order valence-corrected chi connectivity index (χ4v) is 4.11. The van der Waals surface area contributed by atoms with Gasteiger partial charge in [-0.3, -0.25) is 14.7 Å². The monoisotopic (exact) mass is 442 g/mol. The van der Waals surface area contributed by atoms with Gasteiger partial charge in [-0.25, -0.2) is 0 Å². The van der Waals surface area contributed by atoms with Crippen LogP contribution in [0.25, 0.3) is 17.1 Å². The van der Waals surface area contributed by atoms with E-state index in [1.54, 1.807) is 13.4 Å². The van der Waals surface area contributed by atoms with Crippen molar-refractivity contribution in [2.24, 2.45) is 0 Å². The van der Waals surface area contributed by atoms with Crippen molar-refractivity contribution in [2.75, 3.05) is 18.2 Å². The molecule has 1 N–H and O–H groups in total. The maximum Gasteiger partial charge on any atom is 0.236 e. The number of thioether (sulfide) groups is 1. The Hall–Kier alpha value is -3.18. The number of carbonyl (C=O) groups is 1. The van der Waals surface area contributed by atoms with Crippen LogP contribution in [0.15, 0.2) is 46.2 Å². The highest BCUT2D eigenvalue weighted by molar-refractivity contribution is 7.99. The molecule has 0 radical (unpaired) electrons. The van der Waals surface area contributed by atoms with E-state index in [9.17, 15) is 4.79 Å². The summed E-state index contributed by atoms with van der Waals surface area (Å²) in [6.45, 7) is 3.70. The molecule has 0 unspecified atom stereocenters. The van der Waals surface area contributed by atoms with Gasteiger partial charge >= 0.3 is 0 Å². The third-order valence-electron chi connectivity index (χ3n) is 4.17. The fourth-order valence-electron chi connectivity index (χ4n) is 2.75. The van der Waals surface area contributed by atoms with Crippen LogP contribution in [0.5, 0.6) is 5.75 Å². The van der Waals surface area contributed by atoms with E-state index in [4.69, 9.17) is 9.15 Å². The molecule has 4 aromatic rings. The minimum absolute atomic E-state index is 0.150. The lowest BCUT2D eigenvalue weighted by molar-refractivity contribution is -0.113. The van der Waals surface area contributed by atoms with Crippen LogP contribution in [0.2, 0.25) is 0 Å². The van der Waals surface area contributed by atoms with Crippen LogP contribution in [-0.2, 0) is 4.79 Å². The lowest BCUT2D eigenvalue weighted by atomic mass is 10.2. The van der Waals surface area contributed by atoms with Crippen molar-refractivity contribution < 1.29 is 13.9 Å². The second-order valence-corrected chi connectivity index (χ2v) is 8.32. The summed E-state index contributed by atoms with van der Waals surface area (Å²) in [5.41, 5.74) is 1.68. The molecule has 154 valence electrons. The average molecular weight is 443 g/mol. The lowest BCUT2D eigenvalue weighted by Gasteiger charge is -2.10.